The van der Waals surface area contributed by atoms with Crippen LogP contribution < -0.4 is 0 Å². The quantitative estimate of drug-likeness (QED) is 0.927. The van der Waals surface area contributed by atoms with Crippen molar-refractivity contribution < 1.29 is 9.90 Å². The van der Waals surface area contributed by atoms with Crippen LogP contribution in [0.3, 0.4) is 0 Å². The number of nitrogens with zero attached hydrogens (tertiary/aromatic N) is 2. The van der Waals surface area contributed by atoms with Gasteiger partial charge < -0.3 is 10.0 Å². The first-order valence-electron chi connectivity index (χ1n) is 7.89. The highest BCUT2D eigenvalue weighted by atomic mass is 16.3. The number of aliphatic hydroxyl groups excluding tert-OH is 1. The van der Waals surface area contributed by atoms with Crippen LogP contribution in [-0.2, 0) is 0 Å². The Morgan fingerprint density at radius 1 is 1.36 bits per heavy atom. The molecule has 0 radical (unpaired) electrons. The van der Waals surface area contributed by atoms with Crippen LogP contribution in [-0.4, -0.2) is 40.1 Å². The van der Waals surface area contributed by atoms with Gasteiger partial charge in [0.05, 0.1) is 11.6 Å². The van der Waals surface area contributed by atoms with Crippen LogP contribution in [0.2, 0.25) is 0 Å². The highest BCUT2D eigenvalue weighted by Gasteiger charge is 2.27. The molecule has 0 saturated carbocycles. The average molecular weight is 298 g/mol. The van der Waals surface area contributed by atoms with Gasteiger partial charge in [-0.15, -0.1) is 0 Å². The topological polar surface area (TPSA) is 53.4 Å². The smallest absolute Gasteiger partial charge is 0.253 e. The largest absolute Gasteiger partial charge is 0.393 e. The lowest BCUT2D eigenvalue weighted by molar-refractivity contribution is 0.0466. The Kier molecular flexibility index (Phi) is 4.12. The Balaban J connectivity index is 1.84. The van der Waals surface area contributed by atoms with Crippen LogP contribution in [0.1, 0.15) is 35.8 Å². The van der Waals surface area contributed by atoms with Gasteiger partial charge in [0, 0.05) is 35.7 Å². The molecule has 3 rings (SSSR count). The first kappa shape index (κ1) is 15.0. The number of carbonyl (C=O) groups is 1. The molecule has 1 amide bonds. The number of amides is 1. The third kappa shape index (κ3) is 2.97. The molecular weight excluding hydrogens is 276 g/mol. The van der Waals surface area contributed by atoms with E-state index in [1.807, 2.05) is 49.1 Å². The zero-order chi connectivity index (χ0) is 15.7. The number of rotatable bonds is 2. The molecule has 2 unspecified atom stereocenters. The van der Waals surface area contributed by atoms with Gasteiger partial charge in [0.2, 0.25) is 0 Å². The number of aromatic nitrogens is 1. The molecule has 0 spiro atoms. The van der Waals surface area contributed by atoms with Gasteiger partial charge in [0.25, 0.3) is 5.91 Å². The molecule has 2 aromatic rings. The second-order valence-corrected chi connectivity index (χ2v) is 6.25. The summed E-state index contributed by atoms with van der Waals surface area (Å²) >= 11 is 0. The SMILES string of the molecule is Cc1ccc2cc(C(=O)N3CCCC(C(C)O)C3)ccc2n1. The van der Waals surface area contributed by atoms with Gasteiger partial charge in [0.15, 0.2) is 0 Å². The molecule has 1 aromatic heterocycles. The summed E-state index contributed by atoms with van der Waals surface area (Å²) in [5.41, 5.74) is 2.59. The molecule has 1 aliphatic rings. The number of hydrogen-bond acceptors (Lipinski definition) is 3. The highest BCUT2D eigenvalue weighted by Crippen LogP contribution is 2.22. The summed E-state index contributed by atoms with van der Waals surface area (Å²) < 4.78 is 0. The van der Waals surface area contributed by atoms with Crippen molar-refractivity contribution in [1.82, 2.24) is 9.88 Å². The molecular formula is C18H22N2O2. The number of aryl methyl sites for hydroxylation is 1. The van der Waals surface area contributed by atoms with E-state index in [0.29, 0.717) is 12.1 Å². The molecule has 1 saturated heterocycles. The minimum atomic E-state index is -0.362. The van der Waals surface area contributed by atoms with Crippen LogP contribution in [0.5, 0.6) is 0 Å². The van der Waals surface area contributed by atoms with Crippen molar-refractivity contribution >= 4 is 16.8 Å². The van der Waals surface area contributed by atoms with Crippen molar-refractivity contribution in [2.24, 2.45) is 5.92 Å². The Morgan fingerprint density at radius 3 is 2.95 bits per heavy atom. The van der Waals surface area contributed by atoms with Crippen LogP contribution in [0.25, 0.3) is 10.9 Å². The summed E-state index contributed by atoms with van der Waals surface area (Å²) in [6.45, 7) is 5.18. The fraction of sp³-hybridized carbons (Fsp3) is 0.444. The molecule has 1 aliphatic heterocycles. The Hall–Kier alpha value is -1.94. The van der Waals surface area contributed by atoms with Gasteiger partial charge in [-0.25, -0.2) is 0 Å². The maximum absolute atomic E-state index is 12.7. The molecule has 0 aliphatic carbocycles. The Labute approximate surface area is 130 Å². The van der Waals surface area contributed by atoms with E-state index in [1.165, 1.54) is 0 Å². The molecule has 22 heavy (non-hydrogen) atoms. The maximum atomic E-state index is 12.7. The number of piperidine rings is 1. The first-order valence-corrected chi connectivity index (χ1v) is 7.89. The Morgan fingerprint density at radius 2 is 2.18 bits per heavy atom. The maximum Gasteiger partial charge on any atom is 0.253 e. The summed E-state index contributed by atoms with van der Waals surface area (Å²) in [6, 6.07) is 9.63. The van der Waals surface area contributed by atoms with E-state index in [0.717, 1.165) is 36.0 Å². The molecule has 116 valence electrons. The van der Waals surface area contributed by atoms with Crippen LogP contribution >= 0.6 is 0 Å². The van der Waals surface area contributed by atoms with Gasteiger partial charge in [0.1, 0.15) is 0 Å². The lowest BCUT2D eigenvalue weighted by Gasteiger charge is -2.34. The van der Waals surface area contributed by atoms with Crippen molar-refractivity contribution in [2.75, 3.05) is 13.1 Å². The zero-order valence-corrected chi connectivity index (χ0v) is 13.1. The molecule has 1 N–H and O–H groups in total. The average Bonchev–Trinajstić information content (AvgIpc) is 2.53. The minimum Gasteiger partial charge on any atom is -0.393 e. The lowest BCUT2D eigenvalue weighted by Crippen LogP contribution is -2.42. The van der Waals surface area contributed by atoms with Gasteiger partial charge in [-0.2, -0.15) is 0 Å². The van der Waals surface area contributed by atoms with E-state index < -0.39 is 0 Å². The zero-order valence-electron chi connectivity index (χ0n) is 13.1. The number of benzene rings is 1. The number of pyridine rings is 1. The number of hydrogen-bond donors (Lipinski definition) is 1. The van der Waals surface area contributed by atoms with E-state index in [1.54, 1.807) is 0 Å². The summed E-state index contributed by atoms with van der Waals surface area (Å²) in [7, 11) is 0. The standard InChI is InChI=1S/C18H22N2O2/c1-12-5-6-14-10-15(7-8-17(14)19-12)18(22)20-9-3-4-16(11-20)13(2)21/h5-8,10,13,16,21H,3-4,9,11H2,1-2H3. The molecule has 2 atom stereocenters. The number of aliphatic hydroxyl groups is 1. The van der Waals surface area contributed by atoms with Gasteiger partial charge in [-0.1, -0.05) is 6.07 Å². The summed E-state index contributed by atoms with van der Waals surface area (Å²) in [6.07, 6.45) is 1.58. The van der Waals surface area contributed by atoms with Crippen LogP contribution in [0.15, 0.2) is 30.3 Å². The van der Waals surface area contributed by atoms with Gasteiger partial charge in [-0.3, -0.25) is 9.78 Å². The normalized spacial score (nSPS) is 20.1. The third-order valence-corrected chi connectivity index (χ3v) is 4.50. The molecule has 1 aromatic carbocycles. The minimum absolute atomic E-state index is 0.0489. The molecule has 1 fully saturated rings. The predicted octanol–water partition coefficient (Wildman–Crippen LogP) is 2.78. The monoisotopic (exact) mass is 298 g/mol. The van der Waals surface area contributed by atoms with E-state index in [-0.39, 0.29) is 17.9 Å². The fourth-order valence-corrected chi connectivity index (χ4v) is 3.13. The highest BCUT2D eigenvalue weighted by molar-refractivity contribution is 5.98. The van der Waals surface area contributed by atoms with Gasteiger partial charge in [-0.05, 0) is 51.0 Å². The van der Waals surface area contributed by atoms with Crippen molar-refractivity contribution in [3.8, 4) is 0 Å². The second-order valence-electron chi connectivity index (χ2n) is 6.25. The summed E-state index contributed by atoms with van der Waals surface area (Å²) in [5.74, 6) is 0.232. The van der Waals surface area contributed by atoms with Crippen molar-refractivity contribution in [2.45, 2.75) is 32.8 Å². The molecule has 4 heteroatoms. The fourth-order valence-electron chi connectivity index (χ4n) is 3.13. The first-order chi connectivity index (χ1) is 10.5. The van der Waals surface area contributed by atoms with Crippen molar-refractivity contribution in [1.29, 1.82) is 0 Å². The second kappa shape index (κ2) is 6.05. The molecule has 4 nitrogen and oxygen atoms in total. The number of carbonyl (C=O) groups excluding carboxylic acids is 1. The van der Waals surface area contributed by atoms with E-state index >= 15 is 0 Å². The van der Waals surface area contributed by atoms with Crippen molar-refractivity contribution in [3.63, 3.8) is 0 Å². The van der Waals surface area contributed by atoms with E-state index in [4.69, 9.17) is 0 Å². The number of fused-ring (bicyclic) bond motifs is 1. The Bertz CT molecular complexity index is 697. The van der Waals surface area contributed by atoms with Crippen molar-refractivity contribution in [3.05, 3.63) is 41.6 Å². The van der Waals surface area contributed by atoms with Crippen LogP contribution in [0.4, 0.5) is 0 Å². The van der Waals surface area contributed by atoms with E-state index in [9.17, 15) is 9.90 Å². The third-order valence-electron chi connectivity index (χ3n) is 4.50. The lowest BCUT2D eigenvalue weighted by atomic mass is 9.93. The molecule has 0 bridgehead atoms. The van der Waals surface area contributed by atoms with Gasteiger partial charge >= 0.3 is 0 Å². The number of likely N-dealkylation sites (tertiary alicyclic amines) is 1. The predicted molar refractivity (Wildman–Crippen MR) is 86.8 cm³/mol. The summed E-state index contributed by atoms with van der Waals surface area (Å²) in [4.78, 5) is 19.0. The van der Waals surface area contributed by atoms with E-state index in [2.05, 4.69) is 4.98 Å². The molecule has 2 heterocycles. The summed E-state index contributed by atoms with van der Waals surface area (Å²) in [5, 5.41) is 10.8. The van der Waals surface area contributed by atoms with Crippen LogP contribution in [0, 0.1) is 12.8 Å².